The highest BCUT2D eigenvalue weighted by molar-refractivity contribution is 9.11. The van der Waals surface area contributed by atoms with Crippen LogP contribution in [0.3, 0.4) is 0 Å². The Balaban J connectivity index is 1.70. The predicted molar refractivity (Wildman–Crippen MR) is 116 cm³/mol. The first kappa shape index (κ1) is 21.7. The van der Waals surface area contributed by atoms with Gasteiger partial charge >= 0.3 is 6.18 Å². The topological polar surface area (TPSA) is 79.2 Å². The van der Waals surface area contributed by atoms with Crippen LogP contribution in [-0.4, -0.2) is 27.0 Å². The molecule has 4 rings (SSSR count). The number of aromatic nitrogens is 2. The lowest BCUT2D eigenvalue weighted by molar-refractivity contribution is -0.173. The molecular weight excluding hydrogens is 545 g/mol. The number of amides is 1. The Morgan fingerprint density at radius 3 is 2.55 bits per heavy atom. The highest BCUT2D eigenvalue weighted by Gasteiger charge is 2.47. The number of carbonyl (C=O) groups excluding carboxylic acids is 1. The zero-order chi connectivity index (χ0) is 22.3. The molecule has 1 aliphatic heterocycles. The summed E-state index contributed by atoms with van der Waals surface area (Å²) in [5.41, 5.74) is 0.773. The first-order chi connectivity index (χ1) is 14.6. The van der Waals surface area contributed by atoms with Gasteiger partial charge in [-0.1, -0.05) is 34.1 Å². The molecule has 2 heterocycles. The number of phenolic OH excluding ortho intramolecular Hbond substituents is 1. The molecule has 0 bridgehead atoms. The van der Waals surface area contributed by atoms with Crippen LogP contribution in [0.1, 0.15) is 34.6 Å². The Morgan fingerprint density at radius 1 is 1.19 bits per heavy atom. The van der Waals surface area contributed by atoms with Gasteiger partial charge in [-0.2, -0.15) is 18.3 Å². The number of nitrogens with one attached hydrogen (secondary N) is 2. The second kappa shape index (κ2) is 8.19. The van der Waals surface area contributed by atoms with E-state index in [1.807, 2.05) is 0 Å². The minimum absolute atomic E-state index is 0.0582. The van der Waals surface area contributed by atoms with E-state index >= 15 is 0 Å². The average Bonchev–Trinajstić information content (AvgIpc) is 3.04. The predicted octanol–water partition coefficient (Wildman–Crippen LogP) is 6.03. The number of anilines is 2. The first-order valence-electron chi connectivity index (χ1n) is 9.10. The van der Waals surface area contributed by atoms with Gasteiger partial charge in [0.2, 0.25) is 0 Å². The molecule has 0 saturated carbocycles. The normalized spacial score (nSPS) is 18.2. The first-order valence-corrected chi connectivity index (χ1v) is 10.7. The van der Waals surface area contributed by atoms with E-state index in [-0.39, 0.29) is 33.8 Å². The van der Waals surface area contributed by atoms with E-state index in [2.05, 4.69) is 47.6 Å². The number of aromatic hydroxyl groups is 1. The van der Waals surface area contributed by atoms with E-state index in [9.17, 15) is 23.1 Å². The van der Waals surface area contributed by atoms with E-state index in [0.717, 1.165) is 9.15 Å². The summed E-state index contributed by atoms with van der Waals surface area (Å²) in [6.45, 7) is 0. The van der Waals surface area contributed by atoms with Gasteiger partial charge in [-0.05, 0) is 45.8 Å². The number of hydrogen-bond acceptors (Lipinski definition) is 4. The summed E-state index contributed by atoms with van der Waals surface area (Å²) >= 11 is 6.56. The van der Waals surface area contributed by atoms with Gasteiger partial charge in [0.05, 0.1) is 10.5 Å². The number of fused-ring (bicyclic) bond motifs is 1. The maximum absolute atomic E-state index is 13.9. The summed E-state index contributed by atoms with van der Waals surface area (Å²) in [5, 5.41) is 19.1. The second-order valence-electron chi connectivity index (χ2n) is 7.00. The third-order valence-electron chi connectivity index (χ3n) is 4.89. The Morgan fingerprint density at radius 2 is 1.90 bits per heavy atom. The standard InChI is InChI=1S/C20H15Br2F3N4O2/c21-11-6-4-10(5-7-11)14-9-15(20(23,24)25)29-18(27-14)16(22)17(28-29)19(31)26-12-2-1-3-13(30)8-12/h1-8,14-15,27,30H,9H2,(H,26,31)/t14-,15-/m0/s1. The molecule has 162 valence electrons. The molecule has 0 aliphatic carbocycles. The molecule has 31 heavy (non-hydrogen) atoms. The van der Waals surface area contributed by atoms with Gasteiger partial charge in [0.1, 0.15) is 11.6 Å². The quantitative estimate of drug-likeness (QED) is 0.366. The van der Waals surface area contributed by atoms with Crippen LogP contribution in [0, 0.1) is 0 Å². The maximum Gasteiger partial charge on any atom is 0.410 e. The number of halogens is 5. The monoisotopic (exact) mass is 558 g/mol. The minimum Gasteiger partial charge on any atom is -0.508 e. The van der Waals surface area contributed by atoms with Crippen molar-refractivity contribution in [2.45, 2.75) is 24.7 Å². The number of benzene rings is 2. The summed E-state index contributed by atoms with van der Waals surface area (Å²) < 4.78 is 43.3. The van der Waals surface area contributed by atoms with Crippen molar-refractivity contribution >= 4 is 49.3 Å². The lowest BCUT2D eigenvalue weighted by atomic mass is 9.97. The molecule has 3 aromatic rings. The number of nitrogens with zero attached hydrogens (tertiary/aromatic N) is 2. The maximum atomic E-state index is 13.9. The van der Waals surface area contributed by atoms with Gasteiger partial charge in [0, 0.05) is 22.6 Å². The summed E-state index contributed by atoms with van der Waals surface area (Å²) in [7, 11) is 0. The average molecular weight is 560 g/mol. The van der Waals surface area contributed by atoms with E-state index in [1.54, 1.807) is 30.3 Å². The van der Waals surface area contributed by atoms with Gasteiger partial charge in [-0.3, -0.25) is 4.79 Å². The number of carbonyl (C=O) groups is 1. The molecule has 0 saturated heterocycles. The number of hydrogen-bond donors (Lipinski definition) is 3. The summed E-state index contributed by atoms with van der Waals surface area (Å²) in [4.78, 5) is 12.7. The minimum atomic E-state index is -4.56. The molecule has 1 aliphatic rings. The van der Waals surface area contributed by atoms with Crippen molar-refractivity contribution in [3.8, 4) is 5.75 Å². The molecule has 1 amide bonds. The van der Waals surface area contributed by atoms with E-state index < -0.39 is 24.2 Å². The largest absolute Gasteiger partial charge is 0.508 e. The summed E-state index contributed by atoms with van der Waals surface area (Å²) in [6, 6.07) is 10.3. The summed E-state index contributed by atoms with van der Waals surface area (Å²) in [6.07, 6.45) is -4.84. The molecule has 3 N–H and O–H groups in total. The molecule has 2 atom stereocenters. The fourth-order valence-corrected chi connectivity index (χ4v) is 4.24. The fraction of sp³-hybridized carbons (Fsp3) is 0.200. The molecule has 0 unspecified atom stereocenters. The van der Waals surface area contributed by atoms with Gasteiger partial charge < -0.3 is 15.7 Å². The Hall–Kier alpha value is -2.53. The Labute approximate surface area is 191 Å². The SMILES string of the molecule is O=C(Nc1cccc(O)c1)c1nn2c(c1Br)N[C@H](c1ccc(Br)cc1)C[C@H]2C(F)(F)F. The number of alkyl halides is 3. The Bertz CT molecular complexity index is 1130. The molecule has 0 spiro atoms. The van der Waals surface area contributed by atoms with Crippen molar-refractivity contribution in [3.63, 3.8) is 0 Å². The van der Waals surface area contributed by atoms with Crippen molar-refractivity contribution in [2.75, 3.05) is 10.6 Å². The van der Waals surface area contributed by atoms with Crippen LogP contribution in [0.4, 0.5) is 24.7 Å². The number of phenols is 1. The van der Waals surface area contributed by atoms with Crippen LogP contribution >= 0.6 is 31.9 Å². The van der Waals surface area contributed by atoms with Crippen LogP contribution in [-0.2, 0) is 0 Å². The fourth-order valence-electron chi connectivity index (χ4n) is 3.42. The van der Waals surface area contributed by atoms with Crippen molar-refractivity contribution in [1.29, 1.82) is 0 Å². The van der Waals surface area contributed by atoms with Crippen LogP contribution in [0.2, 0.25) is 0 Å². The van der Waals surface area contributed by atoms with Crippen LogP contribution in [0.15, 0.2) is 57.5 Å². The molecule has 2 aromatic carbocycles. The highest BCUT2D eigenvalue weighted by atomic mass is 79.9. The van der Waals surface area contributed by atoms with Crippen molar-refractivity contribution in [2.24, 2.45) is 0 Å². The van der Waals surface area contributed by atoms with Crippen molar-refractivity contribution in [3.05, 3.63) is 68.7 Å². The zero-order valence-electron chi connectivity index (χ0n) is 15.6. The van der Waals surface area contributed by atoms with E-state index in [0.29, 0.717) is 5.56 Å². The number of rotatable bonds is 3. The summed E-state index contributed by atoms with van der Waals surface area (Å²) in [5.74, 6) is -0.693. The van der Waals surface area contributed by atoms with Crippen molar-refractivity contribution < 1.29 is 23.1 Å². The third-order valence-corrected chi connectivity index (χ3v) is 6.17. The second-order valence-corrected chi connectivity index (χ2v) is 8.71. The Kier molecular flexibility index (Phi) is 5.73. The van der Waals surface area contributed by atoms with Crippen LogP contribution in [0.5, 0.6) is 5.75 Å². The lowest BCUT2D eigenvalue weighted by Gasteiger charge is -2.33. The van der Waals surface area contributed by atoms with Gasteiger partial charge in [0.15, 0.2) is 11.7 Å². The van der Waals surface area contributed by atoms with Gasteiger partial charge in [-0.25, -0.2) is 4.68 Å². The molecule has 11 heteroatoms. The zero-order valence-corrected chi connectivity index (χ0v) is 18.8. The van der Waals surface area contributed by atoms with E-state index in [4.69, 9.17) is 0 Å². The van der Waals surface area contributed by atoms with Gasteiger partial charge in [-0.15, -0.1) is 0 Å². The molecule has 0 radical (unpaired) electrons. The smallest absolute Gasteiger partial charge is 0.410 e. The van der Waals surface area contributed by atoms with Gasteiger partial charge in [0.25, 0.3) is 5.91 Å². The van der Waals surface area contributed by atoms with Crippen molar-refractivity contribution in [1.82, 2.24) is 9.78 Å². The van der Waals surface area contributed by atoms with Crippen LogP contribution < -0.4 is 10.6 Å². The molecule has 1 aromatic heterocycles. The molecular formula is C20H15Br2F3N4O2. The highest BCUT2D eigenvalue weighted by Crippen LogP contribution is 2.46. The molecule has 0 fully saturated rings. The van der Waals surface area contributed by atoms with E-state index in [1.165, 1.54) is 18.2 Å². The lowest BCUT2D eigenvalue weighted by Crippen LogP contribution is -2.35. The van der Waals surface area contributed by atoms with Crippen LogP contribution in [0.25, 0.3) is 0 Å². The molecule has 6 nitrogen and oxygen atoms in total. The third kappa shape index (κ3) is 4.42.